The number of alkyl halides is 2. The van der Waals surface area contributed by atoms with E-state index in [4.69, 9.17) is 10.4 Å². The maximum absolute atomic E-state index is 13.1. The van der Waals surface area contributed by atoms with Crippen LogP contribution in [0.5, 0.6) is 0 Å². The molecule has 1 aromatic heterocycles. The molecule has 1 N–H and O–H groups in total. The van der Waals surface area contributed by atoms with Gasteiger partial charge >= 0.3 is 0 Å². The van der Waals surface area contributed by atoms with Crippen LogP contribution in [0.1, 0.15) is 23.2 Å². The molecule has 0 amide bonds. The van der Waals surface area contributed by atoms with Crippen molar-refractivity contribution < 1.29 is 18.3 Å². The molecule has 6 heteroatoms. The van der Waals surface area contributed by atoms with Gasteiger partial charge in [-0.2, -0.15) is 5.26 Å². The fourth-order valence-electron chi connectivity index (χ4n) is 0.960. The fourth-order valence-corrected chi connectivity index (χ4v) is 0.960. The van der Waals surface area contributed by atoms with E-state index in [9.17, 15) is 13.2 Å². The van der Waals surface area contributed by atoms with Gasteiger partial charge in [-0.25, -0.2) is 13.2 Å². The van der Waals surface area contributed by atoms with Crippen LogP contribution in [0, 0.1) is 17.1 Å². The molecular formula is C8H5F3N2O. The zero-order valence-electron chi connectivity index (χ0n) is 6.84. The number of aliphatic hydroxyl groups is 1. The normalized spacial score (nSPS) is 10.3. The Morgan fingerprint density at radius 2 is 2.21 bits per heavy atom. The zero-order valence-corrected chi connectivity index (χ0v) is 6.84. The van der Waals surface area contributed by atoms with Gasteiger partial charge in [-0.3, -0.25) is 4.98 Å². The predicted molar refractivity (Wildman–Crippen MR) is 39.8 cm³/mol. The zero-order chi connectivity index (χ0) is 10.7. The Morgan fingerprint density at radius 1 is 1.57 bits per heavy atom. The van der Waals surface area contributed by atoms with E-state index in [1.165, 1.54) is 6.07 Å². The molecular weight excluding hydrogens is 197 g/mol. The molecule has 74 valence electrons. The highest BCUT2D eigenvalue weighted by Gasteiger charge is 2.20. The molecule has 0 spiro atoms. The van der Waals surface area contributed by atoms with E-state index in [0.29, 0.717) is 0 Å². The monoisotopic (exact) mass is 202 g/mol. The Bertz CT molecular complexity index is 387. The molecule has 0 aliphatic rings. The van der Waals surface area contributed by atoms with Crippen LogP contribution in [0.4, 0.5) is 13.2 Å². The molecule has 0 aliphatic heterocycles. The van der Waals surface area contributed by atoms with E-state index in [1.807, 2.05) is 0 Å². The lowest BCUT2D eigenvalue weighted by molar-refractivity contribution is 0.140. The van der Waals surface area contributed by atoms with E-state index in [-0.39, 0.29) is 0 Å². The molecule has 14 heavy (non-hydrogen) atoms. The number of rotatable bonds is 2. The van der Waals surface area contributed by atoms with E-state index in [0.717, 1.165) is 6.20 Å². The Hall–Kier alpha value is -1.61. The summed E-state index contributed by atoms with van der Waals surface area (Å²) in [4.78, 5) is 3.21. The van der Waals surface area contributed by atoms with Gasteiger partial charge in [0.15, 0.2) is 0 Å². The largest absolute Gasteiger partial charge is 0.391 e. The van der Waals surface area contributed by atoms with Gasteiger partial charge in [0, 0.05) is 11.8 Å². The SMILES string of the molecule is N#Cc1cnc(C(F)F)c(CO)c1F. The van der Waals surface area contributed by atoms with E-state index in [2.05, 4.69) is 4.98 Å². The third kappa shape index (κ3) is 1.67. The maximum atomic E-state index is 13.1. The van der Waals surface area contributed by atoms with Gasteiger partial charge in [0.05, 0.1) is 6.61 Å². The van der Waals surface area contributed by atoms with Gasteiger partial charge in [-0.1, -0.05) is 0 Å². The Kier molecular flexibility index (Phi) is 3.04. The summed E-state index contributed by atoms with van der Waals surface area (Å²) >= 11 is 0. The second-order valence-corrected chi connectivity index (χ2v) is 2.42. The minimum absolute atomic E-state index is 0.460. The number of aromatic nitrogens is 1. The van der Waals surface area contributed by atoms with Gasteiger partial charge in [-0.05, 0) is 0 Å². The van der Waals surface area contributed by atoms with E-state index >= 15 is 0 Å². The van der Waals surface area contributed by atoms with Crippen LogP contribution in [-0.2, 0) is 6.61 Å². The number of halogens is 3. The first-order chi connectivity index (χ1) is 6.61. The van der Waals surface area contributed by atoms with Gasteiger partial charge in [0.1, 0.15) is 23.1 Å². The molecule has 0 aliphatic carbocycles. The van der Waals surface area contributed by atoms with E-state index < -0.39 is 35.7 Å². The predicted octanol–water partition coefficient (Wildman–Crippen LogP) is 1.52. The highest BCUT2D eigenvalue weighted by molar-refractivity contribution is 5.35. The molecule has 0 aromatic carbocycles. The molecule has 1 aromatic rings. The second kappa shape index (κ2) is 4.07. The molecule has 0 saturated heterocycles. The highest BCUT2D eigenvalue weighted by Crippen LogP contribution is 2.24. The van der Waals surface area contributed by atoms with Gasteiger partial charge in [0.2, 0.25) is 0 Å². The molecule has 0 radical (unpaired) electrons. The van der Waals surface area contributed by atoms with Crippen molar-refractivity contribution >= 4 is 0 Å². The summed E-state index contributed by atoms with van der Waals surface area (Å²) in [6.45, 7) is -0.909. The van der Waals surface area contributed by atoms with Crippen molar-refractivity contribution in [3.8, 4) is 6.07 Å². The lowest BCUT2D eigenvalue weighted by atomic mass is 10.1. The van der Waals surface area contributed by atoms with Crippen molar-refractivity contribution in [2.45, 2.75) is 13.0 Å². The minimum Gasteiger partial charge on any atom is -0.391 e. The lowest BCUT2D eigenvalue weighted by Crippen LogP contribution is -2.04. The fraction of sp³-hybridized carbons (Fsp3) is 0.250. The molecule has 1 rings (SSSR count). The summed E-state index contributed by atoms with van der Waals surface area (Å²) in [7, 11) is 0. The summed E-state index contributed by atoms with van der Waals surface area (Å²) in [5, 5.41) is 17.0. The summed E-state index contributed by atoms with van der Waals surface area (Å²) in [6, 6.07) is 1.44. The molecule has 0 saturated carbocycles. The van der Waals surface area contributed by atoms with Crippen LogP contribution in [0.15, 0.2) is 6.20 Å². The van der Waals surface area contributed by atoms with Crippen molar-refractivity contribution in [3.05, 3.63) is 28.8 Å². The van der Waals surface area contributed by atoms with Crippen molar-refractivity contribution in [3.63, 3.8) is 0 Å². The first kappa shape index (κ1) is 10.5. The molecule has 3 nitrogen and oxygen atoms in total. The van der Waals surface area contributed by atoms with Crippen molar-refractivity contribution in [2.75, 3.05) is 0 Å². The molecule has 0 bridgehead atoms. The van der Waals surface area contributed by atoms with E-state index in [1.54, 1.807) is 0 Å². The minimum atomic E-state index is -2.97. The first-order valence-corrected chi connectivity index (χ1v) is 3.58. The summed E-state index contributed by atoms with van der Waals surface area (Å²) < 4.78 is 37.6. The van der Waals surface area contributed by atoms with Gasteiger partial charge in [-0.15, -0.1) is 0 Å². The molecule has 0 unspecified atom stereocenters. The van der Waals surface area contributed by atoms with Gasteiger partial charge < -0.3 is 5.11 Å². The summed E-state index contributed by atoms with van der Waals surface area (Å²) in [5.74, 6) is -1.14. The first-order valence-electron chi connectivity index (χ1n) is 3.58. The Balaban J connectivity index is 3.38. The van der Waals surface area contributed by atoms with Crippen LogP contribution in [0.3, 0.4) is 0 Å². The number of nitriles is 1. The Labute approximate surface area is 77.4 Å². The standard InChI is InChI=1S/C8H5F3N2O/c9-6-4(1-12)2-13-7(8(10)11)5(6)3-14/h2,8,14H,3H2. The third-order valence-electron chi connectivity index (χ3n) is 1.63. The summed E-state index contributed by atoms with van der Waals surface area (Å²) in [5.41, 5.74) is -1.92. The molecule has 0 fully saturated rings. The smallest absolute Gasteiger partial charge is 0.280 e. The molecule has 1 heterocycles. The quantitative estimate of drug-likeness (QED) is 0.790. The van der Waals surface area contributed by atoms with Crippen LogP contribution >= 0.6 is 0 Å². The number of hydrogen-bond donors (Lipinski definition) is 1. The maximum Gasteiger partial charge on any atom is 0.280 e. The van der Waals surface area contributed by atoms with Crippen LogP contribution < -0.4 is 0 Å². The Morgan fingerprint density at radius 3 is 2.64 bits per heavy atom. The van der Waals surface area contributed by atoms with Crippen LogP contribution in [-0.4, -0.2) is 10.1 Å². The van der Waals surface area contributed by atoms with Gasteiger partial charge in [0.25, 0.3) is 6.43 Å². The van der Waals surface area contributed by atoms with Crippen LogP contribution in [0.25, 0.3) is 0 Å². The summed E-state index contributed by atoms with van der Waals surface area (Å²) in [6.07, 6.45) is -2.25. The number of aliphatic hydroxyl groups excluding tert-OH is 1. The average molecular weight is 202 g/mol. The van der Waals surface area contributed by atoms with Crippen molar-refractivity contribution in [2.24, 2.45) is 0 Å². The second-order valence-electron chi connectivity index (χ2n) is 2.42. The molecule has 0 atom stereocenters. The average Bonchev–Trinajstić information content (AvgIpc) is 2.17. The van der Waals surface area contributed by atoms with Crippen LogP contribution in [0.2, 0.25) is 0 Å². The number of hydrogen-bond acceptors (Lipinski definition) is 3. The van der Waals surface area contributed by atoms with Crippen molar-refractivity contribution in [1.29, 1.82) is 5.26 Å². The number of nitrogens with zero attached hydrogens (tertiary/aromatic N) is 2. The number of pyridine rings is 1. The highest BCUT2D eigenvalue weighted by atomic mass is 19.3. The van der Waals surface area contributed by atoms with Crippen molar-refractivity contribution in [1.82, 2.24) is 4.98 Å². The topological polar surface area (TPSA) is 56.9 Å². The third-order valence-corrected chi connectivity index (χ3v) is 1.63. The lowest BCUT2D eigenvalue weighted by Gasteiger charge is -2.06.